The van der Waals surface area contributed by atoms with Gasteiger partial charge in [0, 0.05) is 28.1 Å². The van der Waals surface area contributed by atoms with Crippen LogP contribution in [0.25, 0.3) is 0 Å². The SMILES string of the molecule is CC.COc1ccc(SN2CCC(Sc3ccccc3)CC2)c(C(=O)NO)c1OC. The lowest BCUT2D eigenvalue weighted by Gasteiger charge is -2.31. The Morgan fingerprint density at radius 3 is 2.30 bits per heavy atom. The number of nitrogens with one attached hydrogen (secondary N) is 1. The zero-order chi connectivity index (χ0) is 21.9. The van der Waals surface area contributed by atoms with E-state index in [0.29, 0.717) is 16.7 Å². The first-order valence-corrected chi connectivity index (χ1v) is 11.7. The van der Waals surface area contributed by atoms with Crippen LogP contribution in [-0.4, -0.2) is 48.0 Å². The molecule has 1 saturated heterocycles. The van der Waals surface area contributed by atoms with E-state index in [1.165, 1.54) is 31.1 Å². The van der Waals surface area contributed by atoms with Gasteiger partial charge in [0.15, 0.2) is 11.5 Å². The molecular weight excluding hydrogens is 420 g/mol. The molecule has 0 atom stereocenters. The molecule has 1 fully saturated rings. The standard InChI is InChI=1S/C20H24N2O4S2.C2H6/c1-25-16-8-9-17(18(19(16)26-2)20(23)21-24)28-22-12-10-15(11-13-22)27-14-6-4-3-5-7-14;1-2/h3-9,15,24H,10-13H2,1-2H3,(H,21,23);1-2H3. The van der Waals surface area contributed by atoms with Crippen LogP contribution in [0.4, 0.5) is 0 Å². The number of hydrogen-bond acceptors (Lipinski definition) is 7. The van der Waals surface area contributed by atoms with Crippen LogP contribution in [-0.2, 0) is 0 Å². The molecule has 1 aliphatic rings. The fourth-order valence-corrected chi connectivity index (χ4v) is 5.35. The second-order valence-corrected chi connectivity index (χ2v) is 8.78. The molecular formula is C22H30N2O4S2. The Kier molecular flexibility index (Phi) is 10.4. The number of carbonyl (C=O) groups is 1. The van der Waals surface area contributed by atoms with Gasteiger partial charge in [-0.3, -0.25) is 10.0 Å². The number of methoxy groups -OCH3 is 2. The van der Waals surface area contributed by atoms with Crippen molar-refractivity contribution in [3.8, 4) is 11.5 Å². The highest BCUT2D eigenvalue weighted by atomic mass is 32.2. The van der Waals surface area contributed by atoms with E-state index in [1.54, 1.807) is 11.5 Å². The topological polar surface area (TPSA) is 71.0 Å². The van der Waals surface area contributed by atoms with Crippen LogP contribution in [0.1, 0.15) is 37.0 Å². The van der Waals surface area contributed by atoms with E-state index in [9.17, 15) is 4.79 Å². The summed E-state index contributed by atoms with van der Waals surface area (Å²) >= 11 is 3.43. The van der Waals surface area contributed by atoms with E-state index < -0.39 is 5.91 Å². The predicted molar refractivity (Wildman–Crippen MR) is 123 cm³/mol. The van der Waals surface area contributed by atoms with Crippen molar-refractivity contribution in [3.05, 3.63) is 48.0 Å². The normalized spacial score (nSPS) is 14.4. The Balaban J connectivity index is 0.00000155. The third-order valence-corrected chi connectivity index (χ3v) is 7.02. The molecule has 30 heavy (non-hydrogen) atoms. The summed E-state index contributed by atoms with van der Waals surface area (Å²) in [5, 5.41) is 9.74. The molecule has 164 valence electrons. The maximum Gasteiger partial charge on any atom is 0.279 e. The first-order chi connectivity index (χ1) is 14.7. The summed E-state index contributed by atoms with van der Waals surface area (Å²) in [7, 11) is 2.99. The minimum absolute atomic E-state index is 0.273. The summed E-state index contributed by atoms with van der Waals surface area (Å²) in [5.41, 5.74) is 1.98. The van der Waals surface area contributed by atoms with Gasteiger partial charge in [0.25, 0.3) is 5.91 Å². The van der Waals surface area contributed by atoms with Crippen LogP contribution in [0.5, 0.6) is 11.5 Å². The lowest BCUT2D eigenvalue weighted by molar-refractivity contribution is 0.0699. The van der Waals surface area contributed by atoms with Gasteiger partial charge in [0.05, 0.1) is 14.2 Å². The van der Waals surface area contributed by atoms with Crippen molar-refractivity contribution in [2.24, 2.45) is 0 Å². The maximum absolute atomic E-state index is 12.2. The third kappa shape index (κ3) is 6.31. The van der Waals surface area contributed by atoms with Crippen molar-refractivity contribution in [2.75, 3.05) is 27.3 Å². The van der Waals surface area contributed by atoms with E-state index in [4.69, 9.17) is 14.7 Å². The van der Waals surface area contributed by atoms with Crippen LogP contribution >= 0.6 is 23.7 Å². The molecule has 0 saturated carbocycles. The molecule has 1 heterocycles. The monoisotopic (exact) mass is 450 g/mol. The van der Waals surface area contributed by atoms with Crippen molar-refractivity contribution in [1.29, 1.82) is 0 Å². The molecule has 6 nitrogen and oxygen atoms in total. The summed E-state index contributed by atoms with van der Waals surface area (Å²) in [6.45, 7) is 5.84. The van der Waals surface area contributed by atoms with E-state index in [0.717, 1.165) is 30.8 Å². The second kappa shape index (κ2) is 12.7. The summed E-state index contributed by atoms with van der Waals surface area (Å²) in [5.74, 6) is 0.143. The summed E-state index contributed by atoms with van der Waals surface area (Å²) in [6, 6.07) is 14.1. The quantitative estimate of drug-likeness (QED) is 0.345. The van der Waals surface area contributed by atoms with Gasteiger partial charge in [-0.15, -0.1) is 11.8 Å². The smallest absolute Gasteiger partial charge is 0.279 e. The number of benzene rings is 2. The molecule has 3 rings (SSSR count). The molecule has 2 aromatic carbocycles. The molecule has 0 unspecified atom stereocenters. The molecule has 8 heteroatoms. The van der Waals surface area contributed by atoms with E-state index >= 15 is 0 Å². The number of amides is 1. The lowest BCUT2D eigenvalue weighted by Crippen LogP contribution is -2.30. The fraction of sp³-hybridized carbons (Fsp3) is 0.409. The molecule has 1 amide bonds. The van der Waals surface area contributed by atoms with Crippen LogP contribution < -0.4 is 15.0 Å². The highest BCUT2D eigenvalue weighted by Gasteiger charge is 2.26. The van der Waals surface area contributed by atoms with Gasteiger partial charge in [-0.1, -0.05) is 32.0 Å². The van der Waals surface area contributed by atoms with Gasteiger partial charge in [-0.05, 0) is 49.1 Å². The van der Waals surface area contributed by atoms with Crippen molar-refractivity contribution < 1.29 is 19.5 Å². The van der Waals surface area contributed by atoms with Crippen LogP contribution in [0, 0.1) is 0 Å². The van der Waals surface area contributed by atoms with Crippen molar-refractivity contribution in [3.63, 3.8) is 0 Å². The average molecular weight is 451 g/mol. The molecule has 0 aromatic heterocycles. The predicted octanol–water partition coefficient (Wildman–Crippen LogP) is 5.11. The number of thioether (sulfide) groups is 1. The zero-order valence-corrected chi connectivity index (χ0v) is 19.5. The number of nitrogens with zero attached hydrogens (tertiary/aromatic N) is 1. The van der Waals surface area contributed by atoms with E-state index in [2.05, 4.69) is 28.6 Å². The minimum atomic E-state index is -0.618. The molecule has 0 aliphatic carbocycles. The van der Waals surface area contributed by atoms with Crippen LogP contribution in [0.3, 0.4) is 0 Å². The first-order valence-electron chi connectivity index (χ1n) is 10.00. The van der Waals surface area contributed by atoms with Gasteiger partial charge in [-0.25, -0.2) is 9.79 Å². The van der Waals surface area contributed by atoms with E-state index in [-0.39, 0.29) is 5.56 Å². The molecule has 0 radical (unpaired) electrons. The molecule has 0 spiro atoms. The maximum atomic E-state index is 12.2. The van der Waals surface area contributed by atoms with E-state index in [1.807, 2.05) is 37.7 Å². The van der Waals surface area contributed by atoms with Gasteiger partial charge < -0.3 is 9.47 Å². The molecule has 2 N–H and O–H groups in total. The second-order valence-electron chi connectivity index (χ2n) is 6.27. The molecule has 2 aromatic rings. The average Bonchev–Trinajstić information content (AvgIpc) is 2.81. The van der Waals surface area contributed by atoms with Gasteiger partial charge in [0.1, 0.15) is 5.56 Å². The number of carbonyl (C=O) groups excluding carboxylic acids is 1. The Bertz CT molecular complexity index is 797. The van der Waals surface area contributed by atoms with Gasteiger partial charge in [0.2, 0.25) is 0 Å². The fourth-order valence-electron chi connectivity index (χ4n) is 3.13. The largest absolute Gasteiger partial charge is 0.493 e. The summed E-state index contributed by atoms with van der Waals surface area (Å²) in [4.78, 5) is 14.3. The van der Waals surface area contributed by atoms with Crippen molar-refractivity contribution >= 4 is 29.6 Å². The van der Waals surface area contributed by atoms with Crippen molar-refractivity contribution in [1.82, 2.24) is 9.79 Å². The van der Waals surface area contributed by atoms with Gasteiger partial charge >= 0.3 is 0 Å². The highest BCUT2D eigenvalue weighted by molar-refractivity contribution is 8.00. The number of hydroxylamine groups is 1. The molecule has 0 bridgehead atoms. The summed E-state index contributed by atoms with van der Waals surface area (Å²) < 4.78 is 12.9. The summed E-state index contributed by atoms with van der Waals surface area (Å²) in [6.07, 6.45) is 2.14. The lowest BCUT2D eigenvalue weighted by atomic mass is 10.1. The number of ether oxygens (including phenoxy) is 2. The van der Waals surface area contributed by atoms with Crippen LogP contribution in [0.15, 0.2) is 52.3 Å². The number of hydrogen-bond donors (Lipinski definition) is 2. The first kappa shape index (κ1) is 24.4. The van der Waals surface area contributed by atoms with Crippen LogP contribution in [0.2, 0.25) is 0 Å². The molecule has 1 aliphatic heterocycles. The van der Waals surface area contributed by atoms with Gasteiger partial charge in [-0.2, -0.15) is 0 Å². The Morgan fingerprint density at radius 2 is 1.73 bits per heavy atom. The Hall–Kier alpha value is -1.87. The zero-order valence-electron chi connectivity index (χ0n) is 17.9. The number of piperidine rings is 1. The Labute approximate surface area is 187 Å². The minimum Gasteiger partial charge on any atom is -0.493 e. The third-order valence-electron chi connectivity index (χ3n) is 4.51. The van der Waals surface area contributed by atoms with Crippen molar-refractivity contribution in [2.45, 2.75) is 41.7 Å². The highest BCUT2D eigenvalue weighted by Crippen LogP contribution is 2.40. The number of rotatable bonds is 7. The Morgan fingerprint density at radius 1 is 1.07 bits per heavy atom.